The molecule has 2 rings (SSSR count). The summed E-state index contributed by atoms with van der Waals surface area (Å²) < 4.78 is 51.8. The molecule has 0 unspecified atom stereocenters. The lowest BCUT2D eigenvalue weighted by atomic mass is 10.2. The van der Waals surface area contributed by atoms with Gasteiger partial charge in [-0.3, -0.25) is 25.2 Å². The van der Waals surface area contributed by atoms with Crippen LogP contribution in [0.5, 0.6) is 0 Å². The Hall–Kier alpha value is -3.17. The highest BCUT2D eigenvalue weighted by Gasteiger charge is 2.34. The Morgan fingerprint density at radius 2 is 1.72 bits per heavy atom. The van der Waals surface area contributed by atoms with Gasteiger partial charge in [0.05, 0.1) is 5.56 Å². The van der Waals surface area contributed by atoms with Crippen LogP contribution in [-0.2, 0) is 17.5 Å². The van der Waals surface area contributed by atoms with E-state index >= 15 is 0 Å². The summed E-state index contributed by atoms with van der Waals surface area (Å²) in [7, 11) is 0. The average molecular weight is 357 g/mol. The molecule has 0 fully saturated rings. The number of nitrogens with zero attached hydrogens (tertiary/aromatic N) is 1. The number of carbonyl (C=O) groups is 2. The third kappa shape index (κ3) is 4.43. The number of hydrogen-bond acceptors (Lipinski definition) is 3. The first-order chi connectivity index (χ1) is 11.7. The summed E-state index contributed by atoms with van der Waals surface area (Å²) in [6, 6.07) is 6.55. The molecule has 1 aromatic carbocycles. The second kappa shape index (κ2) is 7.16. The maximum atomic E-state index is 13.4. The van der Waals surface area contributed by atoms with Crippen molar-refractivity contribution in [2.45, 2.75) is 12.7 Å². The van der Waals surface area contributed by atoms with Crippen LogP contribution >= 0.6 is 0 Å². The zero-order valence-corrected chi connectivity index (χ0v) is 12.4. The van der Waals surface area contributed by atoms with Crippen LogP contribution in [0.15, 0.2) is 47.4 Å². The minimum atomic E-state index is -4.85. The number of halogens is 4. The molecule has 2 aromatic rings. The fraction of sp³-hybridized carbons (Fsp3) is 0.133. The Balaban J connectivity index is 2.03. The van der Waals surface area contributed by atoms with Crippen LogP contribution in [0.25, 0.3) is 0 Å². The average Bonchev–Trinajstić information content (AvgIpc) is 2.54. The van der Waals surface area contributed by atoms with Crippen molar-refractivity contribution < 1.29 is 27.2 Å². The number of hydrazine groups is 1. The molecular formula is C15H11F4N3O3. The first-order valence-electron chi connectivity index (χ1n) is 6.80. The fourth-order valence-electron chi connectivity index (χ4n) is 1.91. The molecule has 0 bridgehead atoms. The van der Waals surface area contributed by atoms with E-state index in [0.29, 0.717) is 10.6 Å². The molecule has 2 amide bonds. The lowest BCUT2D eigenvalue weighted by Crippen LogP contribution is -2.44. The third-order valence-corrected chi connectivity index (χ3v) is 3.07. The lowest BCUT2D eigenvalue weighted by Gasteiger charge is -2.11. The second-order valence-electron chi connectivity index (χ2n) is 4.83. The topological polar surface area (TPSA) is 80.2 Å². The minimum Gasteiger partial charge on any atom is -0.306 e. The van der Waals surface area contributed by atoms with Crippen LogP contribution in [-0.4, -0.2) is 16.4 Å². The molecule has 10 heteroatoms. The largest absolute Gasteiger partial charge is 0.421 e. The highest BCUT2D eigenvalue weighted by atomic mass is 19.4. The zero-order valence-electron chi connectivity index (χ0n) is 12.4. The summed E-state index contributed by atoms with van der Waals surface area (Å²) in [5, 5.41) is 0. The zero-order chi connectivity index (χ0) is 18.6. The summed E-state index contributed by atoms with van der Waals surface area (Å²) in [4.78, 5) is 35.1. The molecule has 0 atom stereocenters. The predicted octanol–water partition coefficient (Wildman–Crippen LogP) is 1.47. The molecule has 0 aliphatic carbocycles. The summed E-state index contributed by atoms with van der Waals surface area (Å²) in [5.74, 6) is -2.74. The SMILES string of the molecule is O=C(Cn1cccc(C(F)(F)F)c1=O)NNC(=O)c1ccccc1F. The van der Waals surface area contributed by atoms with E-state index in [0.717, 1.165) is 18.3 Å². The number of nitrogens with one attached hydrogen (secondary N) is 2. The minimum absolute atomic E-state index is 0.334. The molecule has 0 spiro atoms. The maximum absolute atomic E-state index is 13.4. The number of pyridine rings is 1. The summed E-state index contributed by atoms with van der Waals surface area (Å²) in [6.45, 7) is -0.764. The number of hydrogen-bond donors (Lipinski definition) is 2. The van der Waals surface area contributed by atoms with Gasteiger partial charge in [0.15, 0.2) is 0 Å². The van der Waals surface area contributed by atoms with Gasteiger partial charge in [-0.05, 0) is 24.3 Å². The van der Waals surface area contributed by atoms with Gasteiger partial charge in [-0.1, -0.05) is 12.1 Å². The van der Waals surface area contributed by atoms with Gasteiger partial charge in [-0.25, -0.2) is 4.39 Å². The Labute approximate surface area is 138 Å². The quantitative estimate of drug-likeness (QED) is 0.645. The molecule has 1 aromatic heterocycles. The van der Waals surface area contributed by atoms with Gasteiger partial charge in [0.1, 0.15) is 17.9 Å². The highest BCUT2D eigenvalue weighted by Crippen LogP contribution is 2.25. The number of carbonyl (C=O) groups excluding carboxylic acids is 2. The summed E-state index contributed by atoms with van der Waals surface area (Å²) in [6.07, 6.45) is -3.86. The maximum Gasteiger partial charge on any atom is 0.421 e. The summed E-state index contributed by atoms with van der Waals surface area (Å²) >= 11 is 0. The molecular weight excluding hydrogens is 346 g/mol. The molecule has 0 saturated heterocycles. The number of alkyl halides is 3. The van der Waals surface area contributed by atoms with Crippen LogP contribution < -0.4 is 16.4 Å². The molecule has 25 heavy (non-hydrogen) atoms. The molecule has 0 saturated carbocycles. The molecule has 0 aliphatic heterocycles. The van der Waals surface area contributed by atoms with Crippen molar-refractivity contribution in [3.05, 3.63) is 69.9 Å². The van der Waals surface area contributed by atoms with E-state index in [2.05, 4.69) is 0 Å². The molecule has 0 radical (unpaired) electrons. The van der Waals surface area contributed by atoms with Crippen molar-refractivity contribution in [2.75, 3.05) is 0 Å². The van der Waals surface area contributed by atoms with Crippen molar-refractivity contribution in [1.82, 2.24) is 15.4 Å². The van der Waals surface area contributed by atoms with Crippen molar-refractivity contribution >= 4 is 11.8 Å². The smallest absolute Gasteiger partial charge is 0.306 e. The second-order valence-corrected chi connectivity index (χ2v) is 4.83. The van der Waals surface area contributed by atoms with Crippen molar-refractivity contribution in [1.29, 1.82) is 0 Å². The summed E-state index contributed by atoms with van der Waals surface area (Å²) in [5.41, 5.74) is 0.654. The Morgan fingerprint density at radius 3 is 2.36 bits per heavy atom. The Bertz CT molecular complexity index is 862. The number of rotatable bonds is 3. The lowest BCUT2D eigenvalue weighted by molar-refractivity contribution is -0.139. The fourth-order valence-corrected chi connectivity index (χ4v) is 1.91. The first-order valence-corrected chi connectivity index (χ1v) is 6.80. The standard InChI is InChI=1S/C15H11F4N3O3/c16-11-6-2-1-4-9(11)13(24)21-20-12(23)8-22-7-3-5-10(14(22)25)15(17,18)19/h1-7H,8H2,(H,20,23)(H,21,24). The molecule has 1 heterocycles. The molecule has 2 N–H and O–H groups in total. The van der Waals surface area contributed by atoms with E-state index in [9.17, 15) is 31.9 Å². The number of amides is 2. The van der Waals surface area contributed by atoms with Crippen LogP contribution in [0.3, 0.4) is 0 Å². The highest BCUT2D eigenvalue weighted by molar-refractivity contribution is 5.95. The van der Waals surface area contributed by atoms with Crippen LogP contribution in [0.4, 0.5) is 17.6 Å². The van der Waals surface area contributed by atoms with Crippen LogP contribution in [0.2, 0.25) is 0 Å². The van der Waals surface area contributed by atoms with Gasteiger partial charge in [-0.2, -0.15) is 13.2 Å². The van der Waals surface area contributed by atoms with E-state index in [1.54, 1.807) is 0 Å². The van der Waals surface area contributed by atoms with Gasteiger partial charge in [0.25, 0.3) is 17.4 Å². The third-order valence-electron chi connectivity index (χ3n) is 3.07. The van der Waals surface area contributed by atoms with Gasteiger partial charge in [0, 0.05) is 6.20 Å². The predicted molar refractivity (Wildman–Crippen MR) is 77.7 cm³/mol. The van der Waals surface area contributed by atoms with Gasteiger partial charge in [0.2, 0.25) is 0 Å². The first kappa shape index (κ1) is 18.2. The molecule has 0 aliphatic rings. The monoisotopic (exact) mass is 357 g/mol. The van der Waals surface area contributed by atoms with Gasteiger partial charge >= 0.3 is 6.18 Å². The van der Waals surface area contributed by atoms with Crippen molar-refractivity contribution in [3.63, 3.8) is 0 Å². The molecule has 6 nitrogen and oxygen atoms in total. The van der Waals surface area contributed by atoms with Crippen molar-refractivity contribution in [2.24, 2.45) is 0 Å². The van der Waals surface area contributed by atoms with E-state index < -0.39 is 41.5 Å². The number of benzene rings is 1. The molecule has 132 valence electrons. The van der Waals surface area contributed by atoms with Crippen LogP contribution in [0, 0.1) is 5.82 Å². The number of aromatic nitrogens is 1. The van der Waals surface area contributed by atoms with Gasteiger partial charge in [-0.15, -0.1) is 0 Å². The van der Waals surface area contributed by atoms with E-state index in [-0.39, 0.29) is 5.56 Å². The van der Waals surface area contributed by atoms with Crippen molar-refractivity contribution in [3.8, 4) is 0 Å². The Morgan fingerprint density at radius 1 is 1.04 bits per heavy atom. The van der Waals surface area contributed by atoms with Gasteiger partial charge < -0.3 is 4.57 Å². The van der Waals surface area contributed by atoms with Crippen LogP contribution in [0.1, 0.15) is 15.9 Å². The Kier molecular flexibility index (Phi) is 5.20. The van der Waals surface area contributed by atoms with E-state index in [1.807, 2.05) is 10.9 Å². The van der Waals surface area contributed by atoms with E-state index in [4.69, 9.17) is 0 Å². The normalized spacial score (nSPS) is 11.0. The van der Waals surface area contributed by atoms with E-state index in [1.165, 1.54) is 18.2 Å².